The molecule has 1 N–H and O–H groups in total. The second-order valence-corrected chi connectivity index (χ2v) is 4.54. The Balaban J connectivity index is 2.21. The Kier molecular flexibility index (Phi) is 4.88. The molecule has 0 aromatic rings. The molecule has 0 aliphatic carbocycles. The second kappa shape index (κ2) is 5.95. The van der Waals surface area contributed by atoms with Gasteiger partial charge in [-0.25, -0.2) is 4.79 Å². The van der Waals surface area contributed by atoms with Gasteiger partial charge in [-0.3, -0.25) is 0 Å². The molecule has 0 bridgehead atoms. The summed E-state index contributed by atoms with van der Waals surface area (Å²) in [5, 5.41) is 2.94. The van der Waals surface area contributed by atoms with E-state index in [0.717, 1.165) is 13.0 Å². The van der Waals surface area contributed by atoms with E-state index in [0.29, 0.717) is 25.6 Å². The first-order chi connectivity index (χ1) is 7.09. The molecular weight excluding hydrogens is 192 g/mol. The van der Waals surface area contributed by atoms with Gasteiger partial charge < -0.3 is 15.0 Å². The zero-order valence-electron chi connectivity index (χ0n) is 9.95. The van der Waals surface area contributed by atoms with Crippen LogP contribution >= 0.6 is 0 Å². The summed E-state index contributed by atoms with van der Waals surface area (Å²) in [7, 11) is 0. The molecule has 1 aliphatic rings. The molecule has 15 heavy (non-hydrogen) atoms. The van der Waals surface area contributed by atoms with Gasteiger partial charge in [0.2, 0.25) is 0 Å². The average Bonchev–Trinajstić information content (AvgIpc) is 2.17. The molecule has 4 heteroatoms. The van der Waals surface area contributed by atoms with E-state index in [2.05, 4.69) is 19.2 Å². The molecule has 1 rings (SSSR count). The standard InChI is InChI=1S/C11H22N2O2/c1-9(2)4-5-12-11(14)13-6-7-15-10(3)8-13/h9-10H,4-8H2,1-3H3,(H,12,14)/t10-/m0/s1. The fourth-order valence-corrected chi connectivity index (χ4v) is 1.58. The van der Waals surface area contributed by atoms with Crippen molar-refractivity contribution in [2.24, 2.45) is 5.92 Å². The van der Waals surface area contributed by atoms with Crippen LogP contribution in [0.5, 0.6) is 0 Å². The van der Waals surface area contributed by atoms with Gasteiger partial charge in [-0.05, 0) is 19.3 Å². The van der Waals surface area contributed by atoms with Crippen LogP contribution in [0.15, 0.2) is 0 Å². The first-order valence-corrected chi connectivity index (χ1v) is 5.74. The highest BCUT2D eigenvalue weighted by atomic mass is 16.5. The van der Waals surface area contributed by atoms with Crippen molar-refractivity contribution in [1.82, 2.24) is 10.2 Å². The monoisotopic (exact) mass is 214 g/mol. The number of nitrogens with one attached hydrogen (secondary N) is 1. The molecule has 1 fully saturated rings. The summed E-state index contributed by atoms with van der Waals surface area (Å²) in [5.41, 5.74) is 0. The smallest absolute Gasteiger partial charge is 0.317 e. The number of carbonyl (C=O) groups excluding carboxylic acids is 1. The minimum absolute atomic E-state index is 0.0470. The topological polar surface area (TPSA) is 41.6 Å². The van der Waals surface area contributed by atoms with Gasteiger partial charge in [0.05, 0.1) is 12.7 Å². The first-order valence-electron chi connectivity index (χ1n) is 5.74. The Morgan fingerprint density at radius 1 is 1.60 bits per heavy atom. The highest BCUT2D eigenvalue weighted by molar-refractivity contribution is 5.74. The third kappa shape index (κ3) is 4.51. The maximum atomic E-state index is 11.7. The summed E-state index contributed by atoms with van der Waals surface area (Å²) in [6.07, 6.45) is 1.20. The zero-order valence-corrected chi connectivity index (χ0v) is 9.95. The van der Waals surface area contributed by atoms with Crippen LogP contribution in [-0.2, 0) is 4.74 Å². The zero-order chi connectivity index (χ0) is 11.3. The molecule has 1 aliphatic heterocycles. The number of urea groups is 1. The number of carbonyl (C=O) groups is 1. The van der Waals surface area contributed by atoms with Crippen molar-refractivity contribution < 1.29 is 9.53 Å². The SMILES string of the molecule is CC(C)CCNC(=O)N1CCO[C@@H](C)C1. The maximum Gasteiger partial charge on any atom is 0.317 e. The Morgan fingerprint density at radius 3 is 2.93 bits per heavy atom. The minimum Gasteiger partial charge on any atom is -0.375 e. The van der Waals surface area contributed by atoms with Gasteiger partial charge in [-0.1, -0.05) is 13.8 Å². The molecule has 1 saturated heterocycles. The van der Waals surface area contributed by atoms with Gasteiger partial charge in [0.1, 0.15) is 0 Å². The Hall–Kier alpha value is -0.770. The number of ether oxygens (including phenoxy) is 1. The van der Waals surface area contributed by atoms with Crippen molar-refractivity contribution in [3.8, 4) is 0 Å². The van der Waals surface area contributed by atoms with Gasteiger partial charge in [-0.2, -0.15) is 0 Å². The van der Waals surface area contributed by atoms with Crippen molar-refractivity contribution in [3.63, 3.8) is 0 Å². The molecule has 0 unspecified atom stereocenters. The molecular formula is C11H22N2O2. The molecule has 1 atom stereocenters. The van der Waals surface area contributed by atoms with Crippen LogP contribution in [0, 0.1) is 5.92 Å². The van der Waals surface area contributed by atoms with Crippen LogP contribution in [0.2, 0.25) is 0 Å². The lowest BCUT2D eigenvalue weighted by atomic mass is 10.1. The number of nitrogens with zero attached hydrogens (tertiary/aromatic N) is 1. The number of hydrogen-bond donors (Lipinski definition) is 1. The number of hydrogen-bond acceptors (Lipinski definition) is 2. The van der Waals surface area contributed by atoms with Crippen molar-refractivity contribution in [1.29, 1.82) is 0 Å². The normalized spacial score (nSPS) is 21.9. The quantitative estimate of drug-likeness (QED) is 0.773. The van der Waals surface area contributed by atoms with Crippen molar-refractivity contribution >= 4 is 6.03 Å². The number of morpholine rings is 1. The fourth-order valence-electron chi connectivity index (χ4n) is 1.58. The molecule has 4 nitrogen and oxygen atoms in total. The lowest BCUT2D eigenvalue weighted by Crippen LogP contribution is -2.49. The van der Waals surface area contributed by atoms with Gasteiger partial charge in [0.25, 0.3) is 0 Å². The third-order valence-electron chi connectivity index (χ3n) is 2.53. The van der Waals surface area contributed by atoms with Gasteiger partial charge in [-0.15, -0.1) is 0 Å². The second-order valence-electron chi connectivity index (χ2n) is 4.54. The Morgan fingerprint density at radius 2 is 2.33 bits per heavy atom. The van der Waals surface area contributed by atoms with E-state index in [1.807, 2.05) is 11.8 Å². The van der Waals surface area contributed by atoms with E-state index in [9.17, 15) is 4.79 Å². The van der Waals surface area contributed by atoms with Crippen molar-refractivity contribution in [2.75, 3.05) is 26.2 Å². The van der Waals surface area contributed by atoms with Crippen LogP contribution in [0.3, 0.4) is 0 Å². The van der Waals surface area contributed by atoms with Gasteiger partial charge in [0, 0.05) is 19.6 Å². The van der Waals surface area contributed by atoms with E-state index >= 15 is 0 Å². The van der Waals surface area contributed by atoms with Crippen molar-refractivity contribution in [2.45, 2.75) is 33.3 Å². The van der Waals surface area contributed by atoms with E-state index in [4.69, 9.17) is 4.74 Å². The van der Waals surface area contributed by atoms with Gasteiger partial charge in [0.15, 0.2) is 0 Å². The summed E-state index contributed by atoms with van der Waals surface area (Å²) >= 11 is 0. The largest absolute Gasteiger partial charge is 0.375 e. The van der Waals surface area contributed by atoms with Crippen LogP contribution in [-0.4, -0.2) is 43.3 Å². The fraction of sp³-hybridized carbons (Fsp3) is 0.909. The first kappa shape index (κ1) is 12.3. The molecule has 2 amide bonds. The highest BCUT2D eigenvalue weighted by Gasteiger charge is 2.20. The number of rotatable bonds is 3. The molecule has 1 heterocycles. The van der Waals surface area contributed by atoms with Crippen LogP contribution < -0.4 is 5.32 Å². The van der Waals surface area contributed by atoms with Gasteiger partial charge >= 0.3 is 6.03 Å². The molecule has 88 valence electrons. The molecule has 0 spiro atoms. The summed E-state index contributed by atoms with van der Waals surface area (Å²) in [6.45, 7) is 9.13. The predicted octanol–water partition coefficient (Wildman–Crippen LogP) is 1.46. The van der Waals surface area contributed by atoms with E-state index in [1.54, 1.807) is 0 Å². The van der Waals surface area contributed by atoms with Crippen LogP contribution in [0.1, 0.15) is 27.2 Å². The molecule has 0 saturated carbocycles. The summed E-state index contributed by atoms with van der Waals surface area (Å²) in [6, 6.07) is 0.0470. The lowest BCUT2D eigenvalue weighted by molar-refractivity contribution is -0.00347. The molecule has 0 aromatic carbocycles. The highest BCUT2D eigenvalue weighted by Crippen LogP contribution is 2.04. The van der Waals surface area contributed by atoms with E-state index < -0.39 is 0 Å². The van der Waals surface area contributed by atoms with E-state index in [-0.39, 0.29) is 12.1 Å². The third-order valence-corrected chi connectivity index (χ3v) is 2.53. The Labute approximate surface area is 92.0 Å². The number of amides is 2. The average molecular weight is 214 g/mol. The van der Waals surface area contributed by atoms with Crippen LogP contribution in [0.25, 0.3) is 0 Å². The maximum absolute atomic E-state index is 11.7. The van der Waals surface area contributed by atoms with Crippen LogP contribution in [0.4, 0.5) is 4.79 Å². The predicted molar refractivity (Wildman–Crippen MR) is 59.8 cm³/mol. The van der Waals surface area contributed by atoms with E-state index in [1.165, 1.54) is 0 Å². The molecule has 0 radical (unpaired) electrons. The minimum atomic E-state index is 0.0470. The van der Waals surface area contributed by atoms with Crippen molar-refractivity contribution in [3.05, 3.63) is 0 Å². The lowest BCUT2D eigenvalue weighted by Gasteiger charge is -2.31. The Bertz CT molecular complexity index is 207. The summed E-state index contributed by atoms with van der Waals surface area (Å²) < 4.78 is 5.38. The molecule has 0 aromatic heterocycles. The summed E-state index contributed by atoms with van der Waals surface area (Å²) in [4.78, 5) is 13.5. The summed E-state index contributed by atoms with van der Waals surface area (Å²) in [5.74, 6) is 0.633.